The van der Waals surface area contributed by atoms with Crippen LogP contribution in [-0.4, -0.2) is 29.6 Å². The van der Waals surface area contributed by atoms with Crippen LogP contribution in [0, 0.1) is 6.92 Å². The Morgan fingerprint density at radius 3 is 2.58 bits per heavy atom. The van der Waals surface area contributed by atoms with Gasteiger partial charge in [0.05, 0.1) is 5.75 Å². The lowest BCUT2D eigenvalue weighted by molar-refractivity contribution is -0.128. The summed E-state index contributed by atoms with van der Waals surface area (Å²) in [6.45, 7) is 3.86. The maximum absolute atomic E-state index is 12.2. The number of likely N-dealkylation sites (tertiary alicyclic amines) is 1. The van der Waals surface area contributed by atoms with Crippen LogP contribution in [0.25, 0.3) is 0 Å². The Labute approximate surface area is 119 Å². The smallest absolute Gasteiger partial charge is 0.232 e. The highest BCUT2D eigenvalue weighted by atomic mass is 32.2. The lowest BCUT2D eigenvalue weighted by Crippen LogP contribution is -2.33. The summed E-state index contributed by atoms with van der Waals surface area (Å²) in [6.07, 6.45) is 4.82. The fraction of sp³-hybridized carbons (Fsp3) is 0.533. The predicted molar refractivity (Wildman–Crippen MR) is 81.4 cm³/mol. The molecule has 0 aromatic heterocycles. The highest BCUT2D eigenvalue weighted by Crippen LogP contribution is 2.23. The number of carbonyl (C=O) groups excluding carboxylic acids is 1. The fourth-order valence-corrected chi connectivity index (χ4v) is 3.19. The van der Waals surface area contributed by atoms with E-state index < -0.39 is 0 Å². The van der Waals surface area contributed by atoms with Gasteiger partial charge in [-0.05, 0) is 43.5 Å². The van der Waals surface area contributed by atoms with E-state index in [9.17, 15) is 4.79 Å². The first-order chi connectivity index (χ1) is 9.16. The molecule has 0 spiro atoms. The van der Waals surface area contributed by atoms with E-state index in [1.165, 1.54) is 12.8 Å². The van der Waals surface area contributed by atoms with Crippen LogP contribution < -0.4 is 5.73 Å². The maximum atomic E-state index is 12.2. The Kier molecular flexibility index (Phi) is 5.14. The monoisotopic (exact) mass is 278 g/mol. The zero-order valence-electron chi connectivity index (χ0n) is 11.5. The molecular weight excluding hydrogens is 256 g/mol. The van der Waals surface area contributed by atoms with E-state index in [0.717, 1.165) is 42.1 Å². The van der Waals surface area contributed by atoms with E-state index in [2.05, 4.69) is 6.07 Å². The van der Waals surface area contributed by atoms with Crippen molar-refractivity contribution in [1.82, 2.24) is 4.90 Å². The average Bonchev–Trinajstić information content (AvgIpc) is 2.69. The predicted octanol–water partition coefficient (Wildman–Crippen LogP) is 3.07. The van der Waals surface area contributed by atoms with Crippen LogP contribution >= 0.6 is 11.8 Å². The molecule has 1 fully saturated rings. The third kappa shape index (κ3) is 4.16. The number of amides is 1. The molecule has 1 amide bonds. The number of nitrogens with two attached hydrogens (primary N) is 1. The average molecular weight is 278 g/mol. The summed E-state index contributed by atoms with van der Waals surface area (Å²) in [7, 11) is 0. The minimum atomic E-state index is 0.265. The van der Waals surface area contributed by atoms with Crippen LogP contribution in [0.15, 0.2) is 23.1 Å². The molecule has 0 radical (unpaired) electrons. The molecule has 1 aromatic carbocycles. The first-order valence-electron chi connectivity index (χ1n) is 6.93. The van der Waals surface area contributed by atoms with Crippen LogP contribution in [-0.2, 0) is 4.79 Å². The van der Waals surface area contributed by atoms with Gasteiger partial charge in [0.2, 0.25) is 5.91 Å². The van der Waals surface area contributed by atoms with Crippen molar-refractivity contribution in [2.45, 2.75) is 37.5 Å². The normalized spacial score (nSPS) is 16.2. The van der Waals surface area contributed by atoms with Crippen molar-refractivity contribution in [2.75, 3.05) is 24.6 Å². The van der Waals surface area contributed by atoms with Gasteiger partial charge < -0.3 is 10.6 Å². The van der Waals surface area contributed by atoms with Crippen LogP contribution in [0.1, 0.15) is 31.2 Å². The Morgan fingerprint density at radius 1 is 1.26 bits per heavy atom. The third-order valence-electron chi connectivity index (χ3n) is 3.56. The van der Waals surface area contributed by atoms with E-state index in [-0.39, 0.29) is 5.91 Å². The molecule has 0 saturated carbocycles. The molecule has 1 saturated heterocycles. The summed E-state index contributed by atoms with van der Waals surface area (Å²) in [5.41, 5.74) is 7.68. The van der Waals surface area contributed by atoms with E-state index in [0.29, 0.717) is 5.75 Å². The number of nitrogens with zero attached hydrogens (tertiary/aromatic N) is 1. The first kappa shape index (κ1) is 14.3. The molecule has 1 aliphatic rings. The number of benzene rings is 1. The standard InChI is InChI=1S/C15H22N2OS/c1-12-10-13(6-7-14(12)16)19-11-15(18)17-8-4-2-3-5-9-17/h6-7,10H,2-5,8-9,11,16H2,1H3. The molecule has 3 nitrogen and oxygen atoms in total. The van der Waals surface area contributed by atoms with E-state index in [1.54, 1.807) is 11.8 Å². The van der Waals surface area contributed by atoms with Crippen LogP contribution in [0.5, 0.6) is 0 Å². The van der Waals surface area contributed by atoms with Gasteiger partial charge in [-0.25, -0.2) is 0 Å². The van der Waals surface area contributed by atoms with Gasteiger partial charge in [-0.3, -0.25) is 4.79 Å². The van der Waals surface area contributed by atoms with Gasteiger partial charge >= 0.3 is 0 Å². The second kappa shape index (κ2) is 6.85. The summed E-state index contributed by atoms with van der Waals surface area (Å²) in [5, 5.41) is 0. The second-order valence-corrected chi connectivity index (χ2v) is 6.15. The minimum Gasteiger partial charge on any atom is -0.399 e. The van der Waals surface area contributed by atoms with Crippen molar-refractivity contribution in [3.05, 3.63) is 23.8 Å². The van der Waals surface area contributed by atoms with Crippen molar-refractivity contribution in [1.29, 1.82) is 0 Å². The van der Waals surface area contributed by atoms with Crippen molar-refractivity contribution in [2.24, 2.45) is 0 Å². The Hall–Kier alpha value is -1.16. The molecule has 104 valence electrons. The van der Waals surface area contributed by atoms with Crippen LogP contribution in [0.2, 0.25) is 0 Å². The SMILES string of the molecule is Cc1cc(SCC(=O)N2CCCCCC2)ccc1N. The summed E-state index contributed by atoms with van der Waals surface area (Å²) in [6, 6.07) is 5.95. The van der Waals surface area contributed by atoms with Gasteiger partial charge in [0.1, 0.15) is 0 Å². The zero-order chi connectivity index (χ0) is 13.7. The molecule has 4 heteroatoms. The summed E-state index contributed by atoms with van der Waals surface area (Å²) in [5.74, 6) is 0.796. The third-order valence-corrected chi connectivity index (χ3v) is 4.54. The number of nitrogen functional groups attached to an aromatic ring is 1. The van der Waals surface area contributed by atoms with Gasteiger partial charge in [0.25, 0.3) is 0 Å². The van der Waals surface area contributed by atoms with Gasteiger partial charge in [-0.1, -0.05) is 12.8 Å². The largest absolute Gasteiger partial charge is 0.399 e. The van der Waals surface area contributed by atoms with E-state index in [1.807, 2.05) is 24.0 Å². The Morgan fingerprint density at radius 2 is 1.95 bits per heavy atom. The molecular formula is C15H22N2OS. The molecule has 0 unspecified atom stereocenters. The van der Waals surface area contributed by atoms with Crippen molar-refractivity contribution in [3.8, 4) is 0 Å². The molecule has 0 atom stereocenters. The van der Waals surface area contributed by atoms with Crippen molar-refractivity contribution >= 4 is 23.4 Å². The van der Waals surface area contributed by atoms with Crippen molar-refractivity contribution < 1.29 is 4.79 Å². The Bertz CT molecular complexity index is 440. The van der Waals surface area contributed by atoms with E-state index >= 15 is 0 Å². The van der Waals surface area contributed by atoms with Crippen molar-refractivity contribution in [3.63, 3.8) is 0 Å². The molecule has 1 heterocycles. The number of carbonyl (C=O) groups is 1. The molecule has 0 bridgehead atoms. The number of rotatable bonds is 3. The number of hydrogen-bond acceptors (Lipinski definition) is 3. The molecule has 19 heavy (non-hydrogen) atoms. The molecule has 2 N–H and O–H groups in total. The fourth-order valence-electron chi connectivity index (χ4n) is 2.29. The zero-order valence-corrected chi connectivity index (χ0v) is 12.3. The molecule has 0 aliphatic carbocycles. The summed E-state index contributed by atoms with van der Waals surface area (Å²) >= 11 is 1.61. The summed E-state index contributed by atoms with van der Waals surface area (Å²) < 4.78 is 0. The number of hydrogen-bond donors (Lipinski definition) is 1. The molecule has 1 aromatic rings. The first-order valence-corrected chi connectivity index (χ1v) is 7.92. The van der Waals surface area contributed by atoms with Crippen LogP contribution in [0.3, 0.4) is 0 Å². The number of thioether (sulfide) groups is 1. The topological polar surface area (TPSA) is 46.3 Å². The second-order valence-electron chi connectivity index (χ2n) is 5.10. The van der Waals surface area contributed by atoms with Gasteiger partial charge in [0, 0.05) is 23.7 Å². The number of aryl methyl sites for hydroxylation is 1. The van der Waals surface area contributed by atoms with Crippen LogP contribution in [0.4, 0.5) is 5.69 Å². The maximum Gasteiger partial charge on any atom is 0.232 e. The lowest BCUT2D eigenvalue weighted by Gasteiger charge is -2.20. The lowest BCUT2D eigenvalue weighted by atomic mass is 10.2. The quantitative estimate of drug-likeness (QED) is 0.683. The van der Waals surface area contributed by atoms with E-state index in [4.69, 9.17) is 5.73 Å². The number of anilines is 1. The Balaban J connectivity index is 1.86. The van der Waals surface area contributed by atoms with Gasteiger partial charge in [0.15, 0.2) is 0 Å². The summed E-state index contributed by atoms with van der Waals surface area (Å²) in [4.78, 5) is 15.3. The molecule has 1 aliphatic heterocycles. The molecule has 2 rings (SSSR count). The minimum absolute atomic E-state index is 0.265. The highest BCUT2D eigenvalue weighted by Gasteiger charge is 2.15. The van der Waals surface area contributed by atoms with Gasteiger partial charge in [-0.2, -0.15) is 0 Å². The van der Waals surface area contributed by atoms with Gasteiger partial charge in [-0.15, -0.1) is 11.8 Å². The highest BCUT2D eigenvalue weighted by molar-refractivity contribution is 8.00.